The second-order valence-corrected chi connectivity index (χ2v) is 6.59. The van der Waals surface area contributed by atoms with Crippen molar-refractivity contribution in [3.05, 3.63) is 67.7 Å². The average Bonchev–Trinajstić information content (AvgIpc) is 2.64. The maximum Gasteiger partial charge on any atom is 0.288 e. The van der Waals surface area contributed by atoms with Crippen LogP contribution in [0.3, 0.4) is 0 Å². The number of hydrogen-bond acceptors (Lipinski definition) is 5. The molecule has 0 heterocycles. The van der Waals surface area contributed by atoms with Crippen LogP contribution in [0.15, 0.2) is 41.5 Å². The standard InChI is InChI=1S/C18H16Cl2N4O4/c1-11-2-4-13(9-15(11)20)22-17(25)6-7-18(26)23-21-10-12-3-5-14(19)16(8-12)24(27)28/h2-5,8-10H,6-7H2,1H3,(H,22,25)(H,23,26). The van der Waals surface area contributed by atoms with Gasteiger partial charge < -0.3 is 5.32 Å². The molecule has 2 aromatic rings. The van der Waals surface area contributed by atoms with Gasteiger partial charge in [-0.1, -0.05) is 35.3 Å². The van der Waals surface area contributed by atoms with Crippen LogP contribution in [0.4, 0.5) is 11.4 Å². The van der Waals surface area contributed by atoms with E-state index in [4.69, 9.17) is 23.2 Å². The second kappa shape index (κ2) is 9.82. The van der Waals surface area contributed by atoms with E-state index < -0.39 is 10.8 Å². The van der Waals surface area contributed by atoms with E-state index in [0.29, 0.717) is 16.3 Å². The van der Waals surface area contributed by atoms with Crippen LogP contribution < -0.4 is 10.7 Å². The fraction of sp³-hybridized carbons (Fsp3) is 0.167. The number of hydrazone groups is 1. The van der Waals surface area contributed by atoms with Gasteiger partial charge in [-0.15, -0.1) is 0 Å². The zero-order chi connectivity index (χ0) is 20.7. The highest BCUT2D eigenvalue weighted by Crippen LogP contribution is 2.24. The molecule has 0 unspecified atom stereocenters. The third-order valence-corrected chi connectivity index (χ3v) is 4.33. The first-order valence-corrected chi connectivity index (χ1v) is 8.83. The Labute approximate surface area is 170 Å². The van der Waals surface area contributed by atoms with Gasteiger partial charge in [-0.05, 0) is 30.7 Å². The molecule has 0 radical (unpaired) electrons. The number of hydrogen-bond donors (Lipinski definition) is 2. The molecule has 2 rings (SSSR count). The number of amides is 2. The summed E-state index contributed by atoms with van der Waals surface area (Å²) in [6.07, 6.45) is 1.12. The minimum atomic E-state index is -0.613. The number of nitrogens with one attached hydrogen (secondary N) is 2. The lowest BCUT2D eigenvalue weighted by Crippen LogP contribution is -2.20. The molecule has 0 saturated carbocycles. The summed E-state index contributed by atoms with van der Waals surface area (Å²) in [5.74, 6) is -0.816. The van der Waals surface area contributed by atoms with Crippen LogP contribution in [0.1, 0.15) is 24.0 Å². The van der Waals surface area contributed by atoms with E-state index in [0.717, 1.165) is 5.56 Å². The van der Waals surface area contributed by atoms with Gasteiger partial charge in [0.2, 0.25) is 11.8 Å². The Morgan fingerprint density at radius 1 is 1.11 bits per heavy atom. The Balaban J connectivity index is 1.81. The van der Waals surface area contributed by atoms with Gasteiger partial charge in [-0.25, -0.2) is 5.43 Å². The lowest BCUT2D eigenvalue weighted by Gasteiger charge is -2.06. The number of rotatable bonds is 7. The van der Waals surface area contributed by atoms with Gasteiger partial charge in [-0.3, -0.25) is 19.7 Å². The number of halogens is 2. The van der Waals surface area contributed by atoms with Crippen molar-refractivity contribution in [1.29, 1.82) is 0 Å². The predicted octanol–water partition coefficient (Wildman–Crippen LogP) is 4.08. The number of carbonyl (C=O) groups is 2. The van der Waals surface area contributed by atoms with Crippen molar-refractivity contribution in [1.82, 2.24) is 5.43 Å². The fourth-order valence-corrected chi connectivity index (χ4v) is 2.47. The topological polar surface area (TPSA) is 114 Å². The second-order valence-electron chi connectivity index (χ2n) is 5.77. The largest absolute Gasteiger partial charge is 0.326 e. The number of benzene rings is 2. The number of anilines is 1. The quantitative estimate of drug-likeness (QED) is 0.397. The lowest BCUT2D eigenvalue weighted by atomic mass is 10.2. The van der Waals surface area contributed by atoms with Gasteiger partial charge in [0.05, 0.1) is 11.1 Å². The first kappa shape index (κ1) is 21.3. The Morgan fingerprint density at radius 2 is 1.82 bits per heavy atom. The smallest absolute Gasteiger partial charge is 0.288 e. The normalized spacial score (nSPS) is 10.7. The zero-order valence-corrected chi connectivity index (χ0v) is 16.3. The van der Waals surface area contributed by atoms with Crippen LogP contribution >= 0.6 is 23.2 Å². The minimum Gasteiger partial charge on any atom is -0.326 e. The molecule has 8 nitrogen and oxygen atoms in total. The van der Waals surface area contributed by atoms with Crippen LogP contribution in [-0.2, 0) is 9.59 Å². The van der Waals surface area contributed by atoms with Crippen molar-refractivity contribution in [2.45, 2.75) is 19.8 Å². The Kier molecular flexibility index (Phi) is 7.48. The summed E-state index contributed by atoms with van der Waals surface area (Å²) in [6.45, 7) is 1.85. The van der Waals surface area contributed by atoms with Gasteiger partial charge in [0.1, 0.15) is 5.02 Å². The van der Waals surface area contributed by atoms with Gasteiger partial charge in [-0.2, -0.15) is 5.10 Å². The summed E-state index contributed by atoms with van der Waals surface area (Å²) in [5, 5.41) is 17.7. The highest BCUT2D eigenvalue weighted by atomic mass is 35.5. The molecule has 0 aliphatic heterocycles. The van der Waals surface area contributed by atoms with E-state index in [-0.39, 0.29) is 29.5 Å². The number of aryl methyl sites for hydroxylation is 1. The summed E-state index contributed by atoms with van der Waals surface area (Å²) >= 11 is 11.7. The molecular formula is C18H16Cl2N4O4. The Morgan fingerprint density at radius 3 is 2.50 bits per heavy atom. The van der Waals surface area contributed by atoms with Crippen LogP contribution in [0.5, 0.6) is 0 Å². The number of nitrogens with zero attached hydrogens (tertiary/aromatic N) is 2. The predicted molar refractivity (Wildman–Crippen MR) is 108 cm³/mol. The molecule has 146 valence electrons. The molecule has 0 aromatic heterocycles. The van der Waals surface area contributed by atoms with Crippen molar-refractivity contribution < 1.29 is 14.5 Å². The monoisotopic (exact) mass is 422 g/mol. The maximum absolute atomic E-state index is 11.9. The average molecular weight is 423 g/mol. The molecular weight excluding hydrogens is 407 g/mol. The first-order valence-electron chi connectivity index (χ1n) is 8.08. The van der Waals surface area contributed by atoms with Crippen LogP contribution in [0.25, 0.3) is 0 Å². The van der Waals surface area contributed by atoms with Crippen LogP contribution in [0, 0.1) is 17.0 Å². The minimum absolute atomic E-state index is 0.00654. The van der Waals surface area contributed by atoms with E-state index in [1.165, 1.54) is 24.4 Å². The Bertz CT molecular complexity index is 947. The van der Waals surface area contributed by atoms with Crippen molar-refractivity contribution in [2.24, 2.45) is 5.10 Å². The van der Waals surface area contributed by atoms with Crippen molar-refractivity contribution in [2.75, 3.05) is 5.32 Å². The van der Waals surface area contributed by atoms with Crippen molar-refractivity contribution >= 4 is 52.6 Å². The third-order valence-electron chi connectivity index (χ3n) is 3.60. The van der Waals surface area contributed by atoms with Crippen molar-refractivity contribution in [3.63, 3.8) is 0 Å². The summed E-state index contributed by atoms with van der Waals surface area (Å²) in [6, 6.07) is 9.24. The molecule has 0 aliphatic rings. The molecule has 2 amide bonds. The molecule has 0 fully saturated rings. The molecule has 2 aromatic carbocycles. The summed E-state index contributed by atoms with van der Waals surface area (Å²) in [7, 11) is 0. The van der Waals surface area contributed by atoms with Crippen molar-refractivity contribution in [3.8, 4) is 0 Å². The molecule has 10 heteroatoms. The lowest BCUT2D eigenvalue weighted by molar-refractivity contribution is -0.384. The summed E-state index contributed by atoms with van der Waals surface area (Å²) < 4.78 is 0. The van der Waals surface area contributed by atoms with E-state index in [9.17, 15) is 19.7 Å². The number of nitro groups is 1. The van der Waals surface area contributed by atoms with E-state index in [1.807, 2.05) is 6.92 Å². The highest BCUT2D eigenvalue weighted by Gasteiger charge is 2.12. The molecule has 0 spiro atoms. The SMILES string of the molecule is Cc1ccc(NC(=O)CCC(=O)NN=Cc2ccc(Cl)c([N+](=O)[O-])c2)cc1Cl. The fourth-order valence-electron chi connectivity index (χ4n) is 2.11. The van der Waals surface area contributed by atoms with E-state index in [1.54, 1.807) is 18.2 Å². The van der Waals surface area contributed by atoms with Gasteiger partial charge in [0.25, 0.3) is 5.69 Å². The van der Waals surface area contributed by atoms with E-state index >= 15 is 0 Å². The highest BCUT2D eigenvalue weighted by molar-refractivity contribution is 6.32. The van der Waals surface area contributed by atoms with Gasteiger partial charge in [0.15, 0.2) is 0 Å². The molecule has 2 N–H and O–H groups in total. The van der Waals surface area contributed by atoms with Crippen LogP contribution in [0.2, 0.25) is 10.0 Å². The maximum atomic E-state index is 11.9. The van der Waals surface area contributed by atoms with Gasteiger partial charge >= 0.3 is 0 Å². The van der Waals surface area contributed by atoms with Gasteiger partial charge in [0, 0.05) is 35.2 Å². The molecule has 0 saturated heterocycles. The molecule has 28 heavy (non-hydrogen) atoms. The summed E-state index contributed by atoms with van der Waals surface area (Å²) in [4.78, 5) is 33.9. The zero-order valence-electron chi connectivity index (χ0n) is 14.7. The third kappa shape index (κ3) is 6.33. The number of carbonyl (C=O) groups excluding carboxylic acids is 2. The van der Waals surface area contributed by atoms with E-state index in [2.05, 4.69) is 15.8 Å². The summed E-state index contributed by atoms with van der Waals surface area (Å²) in [5.41, 5.74) is 3.83. The molecule has 0 bridgehead atoms. The first-order chi connectivity index (χ1) is 13.3. The molecule has 0 atom stereocenters. The molecule has 0 aliphatic carbocycles. The Hall–Kier alpha value is -2.97. The number of nitro benzene ring substituents is 1. The van der Waals surface area contributed by atoms with Crippen LogP contribution in [-0.4, -0.2) is 23.0 Å².